The number of nitriles is 1. The third kappa shape index (κ3) is 3.22. The number of rotatable bonds is 4. The van der Waals surface area contributed by atoms with Crippen molar-refractivity contribution in [2.45, 2.75) is 25.7 Å². The zero-order valence-electron chi connectivity index (χ0n) is 10.7. The van der Waals surface area contributed by atoms with Crippen molar-refractivity contribution in [1.82, 2.24) is 4.98 Å². The maximum atomic E-state index is 11.2. The number of carbonyl (C=O) groups is 1. The maximum absolute atomic E-state index is 11.2. The second-order valence-electron chi connectivity index (χ2n) is 4.88. The number of aromatic nitrogens is 1. The highest BCUT2D eigenvalue weighted by Crippen LogP contribution is 2.30. The second-order valence-corrected chi connectivity index (χ2v) is 4.88. The van der Waals surface area contributed by atoms with Crippen LogP contribution in [0.25, 0.3) is 0 Å². The minimum absolute atomic E-state index is 0.111. The fraction of sp³-hybridized carbons (Fsp3) is 0.500. The highest BCUT2D eigenvalue weighted by molar-refractivity contribution is 5.70. The van der Waals surface area contributed by atoms with Crippen molar-refractivity contribution in [2.24, 2.45) is 11.8 Å². The molecule has 1 heterocycles. The number of nitrogens with zero attached hydrogens (tertiary/aromatic N) is 2. The lowest BCUT2D eigenvalue weighted by Gasteiger charge is -2.28. The van der Waals surface area contributed by atoms with Crippen molar-refractivity contribution in [3.05, 3.63) is 23.9 Å². The Bertz CT molecular complexity index is 496. The van der Waals surface area contributed by atoms with Gasteiger partial charge in [0.1, 0.15) is 11.9 Å². The summed E-state index contributed by atoms with van der Waals surface area (Å²) in [6.45, 7) is 0.558. The number of nitrogens with one attached hydrogen (secondary N) is 1. The molecule has 2 unspecified atom stereocenters. The van der Waals surface area contributed by atoms with Crippen LogP contribution in [-0.2, 0) is 4.79 Å². The number of carboxylic acid groups (broad SMARTS) is 1. The molecule has 19 heavy (non-hydrogen) atoms. The van der Waals surface area contributed by atoms with Crippen LogP contribution in [0.1, 0.15) is 31.2 Å². The average Bonchev–Trinajstić information content (AvgIpc) is 2.45. The maximum Gasteiger partial charge on any atom is 0.306 e. The number of anilines is 1. The summed E-state index contributed by atoms with van der Waals surface area (Å²) in [5.41, 5.74) is 0.491. The van der Waals surface area contributed by atoms with Crippen molar-refractivity contribution in [3.63, 3.8) is 0 Å². The van der Waals surface area contributed by atoms with Crippen LogP contribution < -0.4 is 5.32 Å². The molecule has 1 aromatic rings. The lowest BCUT2D eigenvalue weighted by molar-refractivity contribution is -0.144. The Morgan fingerprint density at radius 1 is 1.53 bits per heavy atom. The smallest absolute Gasteiger partial charge is 0.306 e. The summed E-state index contributed by atoms with van der Waals surface area (Å²) in [6, 6.07) is 5.49. The molecule has 0 spiro atoms. The molecule has 2 atom stereocenters. The van der Waals surface area contributed by atoms with Crippen molar-refractivity contribution in [3.8, 4) is 6.07 Å². The number of pyridine rings is 1. The molecule has 0 aromatic carbocycles. The Morgan fingerprint density at radius 3 is 3.05 bits per heavy atom. The molecular weight excluding hydrogens is 242 g/mol. The van der Waals surface area contributed by atoms with Crippen LogP contribution in [0.4, 0.5) is 5.82 Å². The summed E-state index contributed by atoms with van der Waals surface area (Å²) in [5, 5.41) is 21.3. The molecule has 5 heteroatoms. The molecular formula is C14H17N3O2. The first-order valence-electron chi connectivity index (χ1n) is 6.54. The fourth-order valence-corrected chi connectivity index (χ4v) is 2.64. The lowest BCUT2D eigenvalue weighted by atomic mass is 9.79. The average molecular weight is 259 g/mol. The van der Waals surface area contributed by atoms with Gasteiger partial charge in [-0.25, -0.2) is 4.98 Å². The predicted octanol–water partition coefficient (Wildman–Crippen LogP) is 2.26. The molecule has 2 rings (SSSR count). The summed E-state index contributed by atoms with van der Waals surface area (Å²) in [5.74, 6) is -0.344. The van der Waals surface area contributed by atoms with Crippen LogP contribution >= 0.6 is 0 Å². The van der Waals surface area contributed by atoms with E-state index < -0.39 is 5.97 Å². The van der Waals surface area contributed by atoms with E-state index in [4.69, 9.17) is 5.26 Å². The van der Waals surface area contributed by atoms with Gasteiger partial charge >= 0.3 is 5.97 Å². The van der Waals surface area contributed by atoms with E-state index in [0.29, 0.717) is 17.9 Å². The standard InChI is InChI=1S/C14H17N3O2/c15-8-10-5-3-7-16-13(10)17-9-11-4-1-2-6-12(11)14(18)19/h3,5,7,11-12H,1-2,4,6,9H2,(H,16,17)(H,18,19). The van der Waals surface area contributed by atoms with Crippen LogP contribution in [-0.4, -0.2) is 22.6 Å². The predicted molar refractivity (Wildman–Crippen MR) is 70.5 cm³/mol. The van der Waals surface area contributed by atoms with E-state index in [2.05, 4.69) is 16.4 Å². The van der Waals surface area contributed by atoms with Crippen LogP contribution in [0.15, 0.2) is 18.3 Å². The van der Waals surface area contributed by atoms with Crippen LogP contribution in [0.5, 0.6) is 0 Å². The molecule has 5 nitrogen and oxygen atoms in total. The van der Waals surface area contributed by atoms with Crippen molar-refractivity contribution in [2.75, 3.05) is 11.9 Å². The molecule has 0 saturated heterocycles. The summed E-state index contributed by atoms with van der Waals surface area (Å²) >= 11 is 0. The molecule has 2 N–H and O–H groups in total. The zero-order chi connectivity index (χ0) is 13.7. The molecule has 1 aliphatic carbocycles. The molecule has 1 aliphatic rings. The van der Waals surface area contributed by atoms with Gasteiger partial charge in [0.2, 0.25) is 0 Å². The monoisotopic (exact) mass is 259 g/mol. The van der Waals surface area contributed by atoms with Crippen molar-refractivity contribution >= 4 is 11.8 Å². The van der Waals surface area contributed by atoms with Gasteiger partial charge in [-0.2, -0.15) is 5.26 Å². The van der Waals surface area contributed by atoms with E-state index in [1.54, 1.807) is 18.3 Å². The first-order valence-corrected chi connectivity index (χ1v) is 6.54. The molecule has 0 aliphatic heterocycles. The normalized spacial score (nSPS) is 22.5. The number of hydrogen-bond acceptors (Lipinski definition) is 4. The minimum Gasteiger partial charge on any atom is -0.481 e. The van der Waals surface area contributed by atoms with Gasteiger partial charge in [-0.1, -0.05) is 12.8 Å². The van der Waals surface area contributed by atoms with E-state index in [1.807, 2.05) is 0 Å². The van der Waals surface area contributed by atoms with Gasteiger partial charge < -0.3 is 10.4 Å². The van der Waals surface area contributed by atoms with Crippen molar-refractivity contribution < 1.29 is 9.90 Å². The molecule has 1 fully saturated rings. The summed E-state index contributed by atoms with van der Waals surface area (Å²) in [6.07, 6.45) is 5.34. The summed E-state index contributed by atoms with van der Waals surface area (Å²) < 4.78 is 0. The second kappa shape index (κ2) is 6.19. The molecule has 0 amide bonds. The highest BCUT2D eigenvalue weighted by atomic mass is 16.4. The van der Waals surface area contributed by atoms with Gasteiger partial charge in [0, 0.05) is 12.7 Å². The van der Waals surface area contributed by atoms with E-state index in [-0.39, 0.29) is 11.8 Å². The van der Waals surface area contributed by atoms with Gasteiger partial charge in [0.15, 0.2) is 0 Å². The topological polar surface area (TPSA) is 86.0 Å². The molecule has 100 valence electrons. The molecule has 0 bridgehead atoms. The summed E-state index contributed by atoms with van der Waals surface area (Å²) in [4.78, 5) is 15.3. The number of aliphatic carboxylic acids is 1. The zero-order valence-corrected chi connectivity index (χ0v) is 10.7. The number of hydrogen-bond donors (Lipinski definition) is 2. The molecule has 1 saturated carbocycles. The van der Waals surface area contributed by atoms with E-state index >= 15 is 0 Å². The molecule has 1 aromatic heterocycles. The SMILES string of the molecule is N#Cc1cccnc1NCC1CCCCC1C(=O)O. The van der Waals surface area contributed by atoms with Crippen LogP contribution in [0.3, 0.4) is 0 Å². The van der Waals surface area contributed by atoms with Gasteiger partial charge in [0.25, 0.3) is 0 Å². The minimum atomic E-state index is -0.715. The Balaban J connectivity index is 2.01. The van der Waals surface area contributed by atoms with Gasteiger partial charge in [0.05, 0.1) is 11.5 Å². The molecule has 0 radical (unpaired) electrons. The van der Waals surface area contributed by atoms with Crippen LogP contribution in [0.2, 0.25) is 0 Å². The quantitative estimate of drug-likeness (QED) is 0.866. The van der Waals surface area contributed by atoms with E-state index in [0.717, 1.165) is 25.7 Å². The number of carboxylic acids is 1. The Morgan fingerprint density at radius 2 is 2.32 bits per heavy atom. The first-order chi connectivity index (χ1) is 9.22. The summed E-state index contributed by atoms with van der Waals surface area (Å²) in [7, 11) is 0. The highest BCUT2D eigenvalue weighted by Gasteiger charge is 2.30. The van der Waals surface area contributed by atoms with Crippen LogP contribution in [0, 0.1) is 23.2 Å². The first kappa shape index (κ1) is 13.3. The van der Waals surface area contributed by atoms with E-state index in [1.165, 1.54) is 0 Å². The third-order valence-corrected chi connectivity index (χ3v) is 3.69. The van der Waals surface area contributed by atoms with Crippen molar-refractivity contribution in [1.29, 1.82) is 5.26 Å². The largest absolute Gasteiger partial charge is 0.481 e. The van der Waals surface area contributed by atoms with Gasteiger partial charge in [-0.05, 0) is 30.9 Å². The van der Waals surface area contributed by atoms with E-state index in [9.17, 15) is 9.90 Å². The Kier molecular flexibility index (Phi) is 4.35. The van der Waals surface area contributed by atoms with Gasteiger partial charge in [-0.3, -0.25) is 4.79 Å². The third-order valence-electron chi connectivity index (χ3n) is 3.69. The van der Waals surface area contributed by atoms with Gasteiger partial charge in [-0.15, -0.1) is 0 Å². The fourth-order valence-electron chi connectivity index (χ4n) is 2.64. The Hall–Kier alpha value is -2.09. The Labute approximate surface area is 112 Å². The lowest BCUT2D eigenvalue weighted by Crippen LogP contribution is -2.32.